The van der Waals surface area contributed by atoms with Crippen LogP contribution in [0, 0.1) is 0 Å². The van der Waals surface area contributed by atoms with Crippen molar-refractivity contribution >= 4 is 18.0 Å². The molecule has 0 rings (SSSR count). The van der Waals surface area contributed by atoms with Gasteiger partial charge >= 0.3 is 12.1 Å². The van der Waals surface area contributed by atoms with Crippen molar-refractivity contribution in [2.24, 2.45) is 5.73 Å². The molecule has 0 fully saturated rings. The summed E-state index contributed by atoms with van der Waals surface area (Å²) in [5.41, 5.74) is 4.91. The summed E-state index contributed by atoms with van der Waals surface area (Å²) in [5.74, 6) is -2.11. The highest BCUT2D eigenvalue weighted by Gasteiger charge is 2.22. The van der Waals surface area contributed by atoms with Gasteiger partial charge in [0.15, 0.2) is 0 Å². The third-order valence-electron chi connectivity index (χ3n) is 3.23. The summed E-state index contributed by atoms with van der Waals surface area (Å²) in [4.78, 5) is 32.9. The maximum Gasteiger partial charge on any atom is 0.407 e. The van der Waals surface area contributed by atoms with Crippen LogP contribution in [-0.2, 0) is 14.3 Å². The summed E-state index contributed by atoms with van der Waals surface area (Å²) in [5, 5.41) is 10.9. The summed E-state index contributed by atoms with van der Waals surface area (Å²) in [6.45, 7) is 2.42. The van der Waals surface area contributed by atoms with Crippen LogP contribution in [0.4, 0.5) is 4.79 Å². The molecule has 1 unspecified atom stereocenters. The van der Waals surface area contributed by atoms with Crippen molar-refractivity contribution in [2.75, 3.05) is 6.61 Å². The molecule has 0 aromatic heterocycles. The van der Waals surface area contributed by atoms with E-state index in [1.54, 1.807) is 0 Å². The fraction of sp³-hybridized carbons (Fsp3) is 0.800. The smallest absolute Gasteiger partial charge is 0.407 e. The van der Waals surface area contributed by atoms with Gasteiger partial charge < -0.3 is 20.9 Å². The summed E-state index contributed by atoms with van der Waals surface area (Å²) in [6, 6.07) is -1.34. The van der Waals surface area contributed by atoms with Gasteiger partial charge in [-0.25, -0.2) is 9.59 Å². The Labute approximate surface area is 131 Å². The van der Waals surface area contributed by atoms with E-state index in [9.17, 15) is 14.4 Å². The summed E-state index contributed by atoms with van der Waals surface area (Å²) in [7, 11) is 0. The number of aliphatic carboxylic acids is 1. The van der Waals surface area contributed by atoms with Crippen LogP contribution in [0.5, 0.6) is 0 Å². The van der Waals surface area contributed by atoms with E-state index in [-0.39, 0.29) is 6.61 Å². The standard InChI is InChI=1S/C15H28N2O5/c1-2-3-4-5-6-7-8-9-10-22-15(21)17-12(14(19)20)11-13(16)18/h12H,2-11H2,1H3,(H2,16,18)(H,17,21)(H,19,20). The van der Waals surface area contributed by atoms with E-state index in [2.05, 4.69) is 12.2 Å². The molecule has 22 heavy (non-hydrogen) atoms. The lowest BCUT2D eigenvalue weighted by molar-refractivity contribution is -0.141. The van der Waals surface area contributed by atoms with Gasteiger partial charge in [-0.3, -0.25) is 4.79 Å². The first-order valence-corrected chi connectivity index (χ1v) is 7.91. The number of alkyl carbamates (subject to hydrolysis) is 1. The number of ether oxygens (including phenoxy) is 1. The van der Waals surface area contributed by atoms with Gasteiger partial charge in [0.2, 0.25) is 5.91 Å². The Kier molecular flexibility index (Phi) is 11.9. The monoisotopic (exact) mass is 316 g/mol. The first-order chi connectivity index (χ1) is 10.5. The topological polar surface area (TPSA) is 119 Å². The minimum Gasteiger partial charge on any atom is -0.480 e. The van der Waals surface area contributed by atoms with Crippen molar-refractivity contribution in [3.05, 3.63) is 0 Å². The van der Waals surface area contributed by atoms with Gasteiger partial charge in [-0.15, -0.1) is 0 Å². The third-order valence-corrected chi connectivity index (χ3v) is 3.23. The minimum absolute atomic E-state index is 0.240. The van der Waals surface area contributed by atoms with Gasteiger partial charge in [-0.1, -0.05) is 51.9 Å². The maximum absolute atomic E-state index is 11.4. The van der Waals surface area contributed by atoms with Gasteiger partial charge in [-0.05, 0) is 6.42 Å². The van der Waals surface area contributed by atoms with Crippen LogP contribution in [0.3, 0.4) is 0 Å². The van der Waals surface area contributed by atoms with Gasteiger partial charge in [0, 0.05) is 0 Å². The highest BCUT2D eigenvalue weighted by molar-refractivity contribution is 5.86. The molecule has 0 radical (unpaired) electrons. The second kappa shape index (κ2) is 12.9. The number of carbonyl (C=O) groups excluding carboxylic acids is 2. The molecular weight excluding hydrogens is 288 g/mol. The Morgan fingerprint density at radius 3 is 2.09 bits per heavy atom. The van der Waals surface area contributed by atoms with Crippen LogP contribution in [0.15, 0.2) is 0 Å². The summed E-state index contributed by atoms with van der Waals surface area (Å²) >= 11 is 0. The van der Waals surface area contributed by atoms with Crippen LogP contribution >= 0.6 is 0 Å². The molecule has 0 saturated carbocycles. The number of nitrogens with two attached hydrogens (primary N) is 1. The second-order valence-corrected chi connectivity index (χ2v) is 5.32. The number of hydrogen-bond acceptors (Lipinski definition) is 4. The summed E-state index contributed by atoms with van der Waals surface area (Å²) < 4.78 is 4.88. The lowest BCUT2D eigenvalue weighted by Crippen LogP contribution is -2.43. The maximum atomic E-state index is 11.4. The van der Waals surface area contributed by atoms with Gasteiger partial charge in [-0.2, -0.15) is 0 Å². The largest absolute Gasteiger partial charge is 0.480 e. The third kappa shape index (κ3) is 12.0. The molecule has 0 aromatic rings. The van der Waals surface area contributed by atoms with Crippen molar-refractivity contribution in [3.63, 3.8) is 0 Å². The zero-order valence-electron chi connectivity index (χ0n) is 13.3. The predicted molar refractivity (Wildman–Crippen MR) is 82.3 cm³/mol. The molecule has 128 valence electrons. The number of carboxylic acid groups (broad SMARTS) is 1. The molecule has 7 heteroatoms. The van der Waals surface area contributed by atoms with Crippen LogP contribution in [0.25, 0.3) is 0 Å². The number of hydrogen-bond donors (Lipinski definition) is 3. The normalized spacial score (nSPS) is 11.7. The van der Waals surface area contributed by atoms with E-state index in [1.165, 1.54) is 32.1 Å². The van der Waals surface area contributed by atoms with Crippen LogP contribution in [-0.4, -0.2) is 35.7 Å². The predicted octanol–water partition coefficient (Wildman–Crippen LogP) is 2.18. The van der Waals surface area contributed by atoms with Crippen molar-refractivity contribution in [1.82, 2.24) is 5.32 Å². The molecule has 7 nitrogen and oxygen atoms in total. The molecule has 0 spiro atoms. The van der Waals surface area contributed by atoms with E-state index in [0.29, 0.717) is 0 Å². The molecule has 2 amide bonds. The fourth-order valence-corrected chi connectivity index (χ4v) is 1.99. The quantitative estimate of drug-likeness (QED) is 0.450. The highest BCUT2D eigenvalue weighted by Crippen LogP contribution is 2.08. The molecule has 0 aliphatic rings. The number of carboxylic acids is 1. The van der Waals surface area contributed by atoms with E-state index in [4.69, 9.17) is 15.6 Å². The van der Waals surface area contributed by atoms with Gasteiger partial charge in [0.25, 0.3) is 0 Å². The molecule has 1 atom stereocenters. The Balaban J connectivity index is 3.63. The van der Waals surface area contributed by atoms with Crippen molar-refractivity contribution in [2.45, 2.75) is 70.8 Å². The SMILES string of the molecule is CCCCCCCCCCOC(=O)NC(CC(N)=O)C(=O)O. The second-order valence-electron chi connectivity index (χ2n) is 5.32. The fourth-order valence-electron chi connectivity index (χ4n) is 1.99. The molecular formula is C15H28N2O5. The number of rotatable bonds is 13. The zero-order chi connectivity index (χ0) is 16.8. The van der Waals surface area contributed by atoms with Gasteiger partial charge in [0.1, 0.15) is 6.04 Å². The zero-order valence-corrected chi connectivity index (χ0v) is 13.3. The molecule has 0 aliphatic heterocycles. The van der Waals surface area contributed by atoms with Crippen molar-refractivity contribution in [3.8, 4) is 0 Å². The number of unbranched alkanes of at least 4 members (excludes halogenated alkanes) is 7. The van der Waals surface area contributed by atoms with E-state index in [1.807, 2.05) is 0 Å². The lowest BCUT2D eigenvalue weighted by Gasteiger charge is -2.12. The Morgan fingerprint density at radius 2 is 1.59 bits per heavy atom. The first kappa shape index (κ1) is 20.2. The van der Waals surface area contributed by atoms with Crippen molar-refractivity contribution in [1.29, 1.82) is 0 Å². The van der Waals surface area contributed by atoms with Crippen LogP contribution in [0.2, 0.25) is 0 Å². The molecule has 0 aromatic carbocycles. The van der Waals surface area contributed by atoms with E-state index >= 15 is 0 Å². The first-order valence-electron chi connectivity index (χ1n) is 7.91. The number of nitrogens with one attached hydrogen (secondary N) is 1. The van der Waals surface area contributed by atoms with E-state index < -0.39 is 30.4 Å². The van der Waals surface area contributed by atoms with Gasteiger partial charge in [0.05, 0.1) is 13.0 Å². The Morgan fingerprint density at radius 1 is 1.05 bits per heavy atom. The molecule has 0 aliphatic carbocycles. The average molecular weight is 316 g/mol. The van der Waals surface area contributed by atoms with Crippen LogP contribution in [0.1, 0.15) is 64.7 Å². The van der Waals surface area contributed by atoms with E-state index in [0.717, 1.165) is 19.3 Å². The number of amides is 2. The molecule has 0 bridgehead atoms. The highest BCUT2D eigenvalue weighted by atomic mass is 16.5. The molecule has 0 heterocycles. The van der Waals surface area contributed by atoms with Crippen LogP contribution < -0.4 is 11.1 Å². The Hall–Kier alpha value is -1.79. The Bertz CT molecular complexity index is 347. The lowest BCUT2D eigenvalue weighted by atomic mass is 10.1. The number of primary amides is 1. The minimum atomic E-state index is -1.34. The number of carbonyl (C=O) groups is 3. The summed E-state index contributed by atoms with van der Waals surface area (Å²) in [6.07, 6.45) is 7.74. The molecule has 4 N–H and O–H groups in total. The molecule has 0 saturated heterocycles. The average Bonchev–Trinajstić information content (AvgIpc) is 2.44. The van der Waals surface area contributed by atoms with Crippen molar-refractivity contribution < 1.29 is 24.2 Å².